The van der Waals surface area contributed by atoms with E-state index in [0.717, 1.165) is 18.5 Å². The molecule has 2 amide bonds. The fraction of sp³-hybridized carbons (Fsp3) is 0.429. The second-order valence-electron chi connectivity index (χ2n) is 5.22. The van der Waals surface area contributed by atoms with Gasteiger partial charge in [-0.2, -0.15) is 0 Å². The second-order valence-corrected chi connectivity index (χ2v) is 5.22. The van der Waals surface area contributed by atoms with Gasteiger partial charge in [-0.1, -0.05) is 6.42 Å². The summed E-state index contributed by atoms with van der Waals surface area (Å²) in [6.07, 6.45) is 3.44. The van der Waals surface area contributed by atoms with Gasteiger partial charge in [-0.05, 0) is 43.5 Å². The topological polar surface area (TPSA) is 84.2 Å². The average molecular weight is 259 g/mol. The molecule has 1 aromatic rings. The summed E-state index contributed by atoms with van der Waals surface area (Å²) in [6, 6.07) is 5.66. The zero-order valence-electron chi connectivity index (χ0n) is 10.6. The van der Waals surface area contributed by atoms with Crippen molar-refractivity contribution in [1.29, 1.82) is 0 Å². The van der Waals surface area contributed by atoms with Crippen LogP contribution in [0.2, 0.25) is 0 Å². The van der Waals surface area contributed by atoms with E-state index in [4.69, 9.17) is 5.73 Å². The van der Waals surface area contributed by atoms with Gasteiger partial charge in [0.25, 0.3) is 11.8 Å². The van der Waals surface area contributed by atoms with E-state index in [9.17, 15) is 9.59 Å². The van der Waals surface area contributed by atoms with Crippen LogP contribution < -0.4 is 16.4 Å². The van der Waals surface area contributed by atoms with Crippen LogP contribution in [-0.2, 0) is 0 Å². The van der Waals surface area contributed by atoms with Crippen LogP contribution >= 0.6 is 0 Å². The van der Waals surface area contributed by atoms with E-state index in [0.29, 0.717) is 29.6 Å². The van der Waals surface area contributed by atoms with Gasteiger partial charge in [0, 0.05) is 11.7 Å². The number of carbonyl (C=O) groups excluding carboxylic acids is 2. The highest BCUT2D eigenvalue weighted by Gasteiger charge is 2.29. The first kappa shape index (κ1) is 12.2. The largest absolute Gasteiger partial charge is 0.382 e. The smallest absolute Gasteiger partial charge is 0.259 e. The Kier molecular flexibility index (Phi) is 2.98. The summed E-state index contributed by atoms with van der Waals surface area (Å²) in [4.78, 5) is 23.1. The Morgan fingerprint density at radius 3 is 2.79 bits per heavy atom. The van der Waals surface area contributed by atoms with Gasteiger partial charge in [0.1, 0.15) is 0 Å². The first-order valence-corrected chi connectivity index (χ1v) is 6.65. The number of nitrogens with one attached hydrogen (secondary N) is 2. The van der Waals surface area contributed by atoms with Crippen molar-refractivity contribution in [2.45, 2.75) is 25.3 Å². The molecule has 0 spiro atoms. The van der Waals surface area contributed by atoms with E-state index < -0.39 is 0 Å². The molecule has 100 valence electrons. The van der Waals surface area contributed by atoms with Crippen molar-refractivity contribution in [3.8, 4) is 0 Å². The minimum Gasteiger partial charge on any atom is -0.382 e. The molecule has 0 bridgehead atoms. The number of anilines is 1. The maximum Gasteiger partial charge on any atom is 0.259 e. The van der Waals surface area contributed by atoms with Gasteiger partial charge in [0.15, 0.2) is 0 Å². The summed E-state index contributed by atoms with van der Waals surface area (Å²) in [6.45, 7) is 0.682. The number of fused-ring (bicyclic) bond motifs is 1. The van der Waals surface area contributed by atoms with E-state index in [-0.39, 0.29) is 11.8 Å². The number of hydrogen-bond acceptors (Lipinski definition) is 4. The second kappa shape index (κ2) is 4.66. The number of carbonyl (C=O) groups is 2. The van der Waals surface area contributed by atoms with Crippen LogP contribution in [0.5, 0.6) is 0 Å². The Hall–Kier alpha value is -1.88. The fourth-order valence-corrected chi connectivity index (χ4v) is 2.98. The van der Waals surface area contributed by atoms with Crippen LogP contribution in [-0.4, -0.2) is 24.4 Å². The van der Waals surface area contributed by atoms with E-state index in [1.54, 1.807) is 12.1 Å². The van der Waals surface area contributed by atoms with Crippen molar-refractivity contribution >= 4 is 17.5 Å². The number of benzene rings is 1. The Morgan fingerprint density at radius 1 is 1.21 bits per heavy atom. The summed E-state index contributed by atoms with van der Waals surface area (Å²) >= 11 is 0. The van der Waals surface area contributed by atoms with Crippen LogP contribution in [0.3, 0.4) is 0 Å². The first-order valence-electron chi connectivity index (χ1n) is 6.65. The first-order chi connectivity index (χ1) is 9.19. The molecule has 1 aliphatic carbocycles. The van der Waals surface area contributed by atoms with Gasteiger partial charge in [-0.15, -0.1) is 0 Å². The van der Waals surface area contributed by atoms with Gasteiger partial charge in [-0.3, -0.25) is 14.9 Å². The van der Waals surface area contributed by atoms with Crippen molar-refractivity contribution in [3.63, 3.8) is 0 Å². The molecule has 0 aromatic heterocycles. The highest BCUT2D eigenvalue weighted by atomic mass is 16.2. The van der Waals surface area contributed by atoms with Crippen molar-refractivity contribution in [2.75, 3.05) is 11.9 Å². The lowest BCUT2D eigenvalue weighted by molar-refractivity contribution is 0.0879. The Labute approximate surface area is 111 Å². The monoisotopic (exact) mass is 259 g/mol. The minimum absolute atomic E-state index is 0.313. The SMILES string of the molecule is NCC1CCCC1Nc1ccc2c(c1)C(=O)NC2=O. The predicted octanol–water partition coefficient (Wildman–Crippen LogP) is 1.11. The van der Waals surface area contributed by atoms with Gasteiger partial charge < -0.3 is 11.1 Å². The molecular formula is C14H17N3O2. The molecule has 19 heavy (non-hydrogen) atoms. The number of nitrogens with two attached hydrogens (primary N) is 1. The van der Waals surface area contributed by atoms with E-state index in [2.05, 4.69) is 10.6 Å². The Morgan fingerprint density at radius 2 is 2.00 bits per heavy atom. The molecular weight excluding hydrogens is 242 g/mol. The quantitative estimate of drug-likeness (QED) is 0.710. The Balaban J connectivity index is 1.82. The molecule has 1 aliphatic heterocycles. The highest BCUT2D eigenvalue weighted by Crippen LogP contribution is 2.29. The highest BCUT2D eigenvalue weighted by molar-refractivity contribution is 6.21. The molecule has 0 radical (unpaired) electrons. The normalized spacial score (nSPS) is 25.3. The third-order valence-corrected chi connectivity index (χ3v) is 4.05. The summed E-state index contributed by atoms with van der Waals surface area (Å²) in [5, 5.41) is 5.73. The lowest BCUT2D eigenvalue weighted by Gasteiger charge is -2.20. The molecule has 5 heteroatoms. The predicted molar refractivity (Wildman–Crippen MR) is 72.0 cm³/mol. The van der Waals surface area contributed by atoms with E-state index >= 15 is 0 Å². The fourth-order valence-electron chi connectivity index (χ4n) is 2.98. The molecule has 1 heterocycles. The summed E-state index contributed by atoms with van der Waals surface area (Å²) in [5.74, 6) is -0.138. The van der Waals surface area contributed by atoms with Crippen molar-refractivity contribution < 1.29 is 9.59 Å². The molecule has 1 aromatic carbocycles. The van der Waals surface area contributed by atoms with Crippen LogP contribution in [0.25, 0.3) is 0 Å². The van der Waals surface area contributed by atoms with Gasteiger partial charge in [0.2, 0.25) is 0 Å². The van der Waals surface area contributed by atoms with E-state index in [1.807, 2.05) is 6.07 Å². The van der Waals surface area contributed by atoms with Crippen LogP contribution in [0.4, 0.5) is 5.69 Å². The number of imide groups is 1. The standard InChI is InChI=1S/C14H17N3O2/c15-7-8-2-1-3-12(8)16-9-4-5-10-11(6-9)14(19)17-13(10)18/h4-6,8,12,16H,1-3,7,15H2,(H,17,18,19). The van der Waals surface area contributed by atoms with Gasteiger partial charge in [-0.25, -0.2) is 0 Å². The van der Waals surface area contributed by atoms with Crippen LogP contribution in [0.15, 0.2) is 18.2 Å². The molecule has 2 aliphatic rings. The minimum atomic E-state index is -0.314. The third kappa shape index (κ3) is 2.10. The van der Waals surface area contributed by atoms with Crippen molar-refractivity contribution in [3.05, 3.63) is 29.3 Å². The molecule has 2 atom stereocenters. The third-order valence-electron chi connectivity index (χ3n) is 4.05. The molecule has 1 fully saturated rings. The zero-order valence-corrected chi connectivity index (χ0v) is 10.6. The maximum atomic E-state index is 11.6. The summed E-state index contributed by atoms with van der Waals surface area (Å²) < 4.78 is 0. The summed E-state index contributed by atoms with van der Waals surface area (Å²) in [5.41, 5.74) is 7.55. The molecule has 4 N–H and O–H groups in total. The number of hydrogen-bond donors (Lipinski definition) is 3. The van der Waals surface area contributed by atoms with Gasteiger partial charge in [0.05, 0.1) is 11.1 Å². The molecule has 1 saturated carbocycles. The lowest BCUT2D eigenvalue weighted by Crippen LogP contribution is -2.29. The maximum absolute atomic E-state index is 11.6. The van der Waals surface area contributed by atoms with Crippen LogP contribution in [0, 0.1) is 5.92 Å². The molecule has 5 nitrogen and oxygen atoms in total. The number of amides is 2. The van der Waals surface area contributed by atoms with Crippen molar-refractivity contribution in [1.82, 2.24) is 5.32 Å². The zero-order chi connectivity index (χ0) is 13.4. The molecule has 0 saturated heterocycles. The molecule has 3 rings (SSSR count). The summed E-state index contributed by atoms with van der Waals surface area (Å²) in [7, 11) is 0. The van der Waals surface area contributed by atoms with Crippen LogP contribution in [0.1, 0.15) is 40.0 Å². The van der Waals surface area contributed by atoms with Crippen molar-refractivity contribution in [2.24, 2.45) is 11.7 Å². The Bertz CT molecular complexity index is 541. The average Bonchev–Trinajstić information content (AvgIpc) is 2.95. The van der Waals surface area contributed by atoms with Gasteiger partial charge >= 0.3 is 0 Å². The van der Waals surface area contributed by atoms with E-state index in [1.165, 1.54) is 6.42 Å². The molecule has 2 unspecified atom stereocenters. The number of rotatable bonds is 3. The lowest BCUT2D eigenvalue weighted by atomic mass is 10.0.